The predicted octanol–water partition coefficient (Wildman–Crippen LogP) is 4.68. The Balaban J connectivity index is 1.62. The summed E-state index contributed by atoms with van der Waals surface area (Å²) in [4.78, 5) is 38.2. The number of carbonyl (C=O) groups is 1. The molecule has 1 saturated heterocycles. The molecule has 1 aromatic carbocycles. The first-order valence-electron chi connectivity index (χ1n) is 13.6. The molecule has 1 aliphatic heterocycles. The monoisotopic (exact) mass is 555 g/mol. The number of amides is 1. The average Bonchev–Trinajstić information content (AvgIpc) is 3.16. The molecule has 4 rings (SSSR count). The first-order chi connectivity index (χ1) is 18.6. The van der Waals surface area contributed by atoms with E-state index >= 15 is 0 Å². The molecule has 0 bridgehead atoms. The van der Waals surface area contributed by atoms with Crippen LogP contribution in [-0.2, 0) is 11.3 Å². The lowest BCUT2D eigenvalue weighted by Gasteiger charge is -2.21. The van der Waals surface area contributed by atoms with Crippen molar-refractivity contribution in [3.8, 4) is 22.9 Å². The number of halogens is 1. The van der Waals surface area contributed by atoms with E-state index in [-0.39, 0.29) is 29.0 Å². The van der Waals surface area contributed by atoms with Crippen LogP contribution in [0.3, 0.4) is 0 Å². The summed E-state index contributed by atoms with van der Waals surface area (Å²) in [6.07, 6.45) is 7.62. The molecule has 0 unspecified atom stereocenters. The van der Waals surface area contributed by atoms with E-state index in [0.29, 0.717) is 34.5 Å². The Morgan fingerprint density at radius 3 is 2.56 bits per heavy atom. The quantitative estimate of drug-likeness (QED) is 0.383. The van der Waals surface area contributed by atoms with Gasteiger partial charge in [0.05, 0.1) is 30.3 Å². The van der Waals surface area contributed by atoms with Crippen molar-refractivity contribution in [2.45, 2.75) is 65.0 Å². The maximum atomic E-state index is 13.7. The third kappa shape index (κ3) is 7.70. The molecule has 3 aromatic rings. The molecule has 1 aliphatic rings. The number of fused-ring (bicyclic) bond motifs is 1. The molecule has 1 fully saturated rings. The zero-order valence-corrected chi connectivity index (χ0v) is 24.0. The van der Waals surface area contributed by atoms with E-state index in [1.54, 1.807) is 30.5 Å². The smallest absolute Gasteiger partial charge is 0.263 e. The number of nitrogens with zero attached hydrogens (tertiary/aromatic N) is 4. The van der Waals surface area contributed by atoms with Gasteiger partial charge in [0.2, 0.25) is 5.91 Å². The van der Waals surface area contributed by atoms with Crippen LogP contribution < -0.4 is 20.3 Å². The number of methoxy groups -OCH3 is 1. The van der Waals surface area contributed by atoms with E-state index < -0.39 is 5.54 Å². The van der Waals surface area contributed by atoms with Crippen molar-refractivity contribution in [2.75, 3.05) is 33.4 Å². The van der Waals surface area contributed by atoms with E-state index in [2.05, 4.69) is 20.2 Å². The van der Waals surface area contributed by atoms with Crippen molar-refractivity contribution in [3.05, 3.63) is 45.8 Å². The fraction of sp³-hybridized carbons (Fsp3) is 0.517. The van der Waals surface area contributed by atoms with Gasteiger partial charge < -0.3 is 19.7 Å². The van der Waals surface area contributed by atoms with Crippen LogP contribution in [0.15, 0.2) is 35.3 Å². The van der Waals surface area contributed by atoms with Crippen LogP contribution in [0.4, 0.5) is 0 Å². The number of hydrogen-bond donors (Lipinski definition) is 1. The van der Waals surface area contributed by atoms with Crippen LogP contribution >= 0.6 is 11.6 Å². The maximum Gasteiger partial charge on any atom is 0.263 e. The molecule has 0 aliphatic carbocycles. The maximum absolute atomic E-state index is 13.7. The minimum atomic E-state index is -0.454. The SMILES string of the molecule is COc1cc(-c2nc3ncc(OCCCN4CCCCCC4)cc3c(=O)n2CC(=O)NC(C)(C)C)ccc1Cl. The summed E-state index contributed by atoms with van der Waals surface area (Å²) in [5, 5.41) is 3.63. The molecule has 3 heterocycles. The second-order valence-electron chi connectivity index (χ2n) is 11.0. The Kier molecular flexibility index (Phi) is 9.45. The zero-order chi connectivity index (χ0) is 28.0. The number of rotatable bonds is 9. The standard InChI is InChI=1S/C29H38ClN5O4/c1-29(2,3)33-25(36)19-35-27(20-10-11-23(30)24(16-20)38-4)32-26-22(28(35)37)17-21(18-31-26)39-15-9-14-34-12-7-5-6-8-13-34/h10-11,16-18H,5-9,12-15,19H2,1-4H3,(H,33,36). The summed E-state index contributed by atoms with van der Waals surface area (Å²) >= 11 is 6.22. The van der Waals surface area contributed by atoms with Crippen molar-refractivity contribution in [1.29, 1.82) is 0 Å². The molecule has 2 aromatic heterocycles. The van der Waals surface area contributed by atoms with Gasteiger partial charge in [-0.1, -0.05) is 24.4 Å². The lowest BCUT2D eigenvalue weighted by atomic mass is 10.1. The normalized spacial score (nSPS) is 14.7. The number of pyridine rings is 1. The first-order valence-corrected chi connectivity index (χ1v) is 13.9. The van der Waals surface area contributed by atoms with Gasteiger partial charge in [0.1, 0.15) is 23.9 Å². The van der Waals surface area contributed by atoms with Gasteiger partial charge in [-0.05, 0) is 77.4 Å². The highest BCUT2D eigenvalue weighted by molar-refractivity contribution is 6.32. The topological polar surface area (TPSA) is 98.6 Å². The minimum absolute atomic E-state index is 0.208. The van der Waals surface area contributed by atoms with Crippen molar-refractivity contribution in [2.24, 2.45) is 0 Å². The fourth-order valence-electron chi connectivity index (χ4n) is 4.77. The molecule has 210 valence electrons. The molecular weight excluding hydrogens is 518 g/mol. The molecule has 1 amide bonds. The Morgan fingerprint density at radius 1 is 1.13 bits per heavy atom. The number of ether oxygens (including phenoxy) is 2. The highest BCUT2D eigenvalue weighted by atomic mass is 35.5. The lowest BCUT2D eigenvalue weighted by molar-refractivity contribution is -0.123. The molecule has 0 spiro atoms. The number of nitrogens with one attached hydrogen (secondary N) is 1. The second kappa shape index (κ2) is 12.8. The van der Waals surface area contributed by atoms with Gasteiger partial charge in [0, 0.05) is 17.6 Å². The van der Waals surface area contributed by atoms with Crippen LogP contribution in [0.25, 0.3) is 22.4 Å². The van der Waals surface area contributed by atoms with Gasteiger partial charge in [-0.15, -0.1) is 0 Å². The molecule has 9 nitrogen and oxygen atoms in total. The van der Waals surface area contributed by atoms with E-state index in [4.69, 9.17) is 21.1 Å². The van der Waals surface area contributed by atoms with Crippen LogP contribution in [0.2, 0.25) is 5.02 Å². The van der Waals surface area contributed by atoms with E-state index in [1.807, 2.05) is 20.8 Å². The zero-order valence-electron chi connectivity index (χ0n) is 23.3. The number of likely N-dealkylation sites (tertiary alicyclic amines) is 1. The summed E-state index contributed by atoms with van der Waals surface area (Å²) in [5.41, 5.74) is 0.0167. The Hall–Kier alpha value is -3.17. The fourth-order valence-corrected chi connectivity index (χ4v) is 4.97. The summed E-state index contributed by atoms with van der Waals surface area (Å²) in [7, 11) is 1.51. The largest absolute Gasteiger partial charge is 0.495 e. The molecule has 0 saturated carbocycles. The van der Waals surface area contributed by atoms with Gasteiger partial charge in [-0.3, -0.25) is 14.2 Å². The Bertz CT molecular complexity index is 1360. The van der Waals surface area contributed by atoms with Crippen molar-refractivity contribution < 1.29 is 14.3 Å². The van der Waals surface area contributed by atoms with E-state index in [1.165, 1.54) is 37.4 Å². The number of carbonyl (C=O) groups excluding carboxylic acids is 1. The average molecular weight is 556 g/mol. The summed E-state index contributed by atoms with van der Waals surface area (Å²) in [6.45, 7) is 9.27. The van der Waals surface area contributed by atoms with Gasteiger partial charge in [0.15, 0.2) is 5.65 Å². The van der Waals surface area contributed by atoms with Crippen molar-refractivity contribution in [1.82, 2.24) is 24.8 Å². The third-order valence-corrected chi connectivity index (χ3v) is 6.91. The molecular formula is C29H38ClN5O4. The molecule has 39 heavy (non-hydrogen) atoms. The predicted molar refractivity (Wildman–Crippen MR) is 154 cm³/mol. The molecule has 10 heteroatoms. The van der Waals surface area contributed by atoms with Crippen molar-refractivity contribution in [3.63, 3.8) is 0 Å². The number of aromatic nitrogens is 3. The lowest BCUT2D eigenvalue weighted by Crippen LogP contribution is -2.43. The third-order valence-electron chi connectivity index (χ3n) is 6.60. The summed E-state index contributed by atoms with van der Waals surface area (Å²) in [5.74, 6) is 0.932. The van der Waals surface area contributed by atoms with E-state index in [9.17, 15) is 9.59 Å². The second-order valence-corrected chi connectivity index (χ2v) is 11.4. The molecule has 0 radical (unpaired) electrons. The van der Waals surface area contributed by atoms with Gasteiger partial charge in [-0.25, -0.2) is 9.97 Å². The van der Waals surface area contributed by atoms with Crippen LogP contribution in [0, 0.1) is 0 Å². The highest BCUT2D eigenvalue weighted by Crippen LogP contribution is 2.30. The van der Waals surface area contributed by atoms with Crippen molar-refractivity contribution >= 4 is 28.5 Å². The highest BCUT2D eigenvalue weighted by Gasteiger charge is 2.20. The summed E-state index contributed by atoms with van der Waals surface area (Å²) < 4.78 is 12.7. The number of hydrogen-bond acceptors (Lipinski definition) is 7. The Labute approximate surface area is 234 Å². The van der Waals surface area contributed by atoms with Crippen LogP contribution in [0.1, 0.15) is 52.9 Å². The number of benzene rings is 1. The molecule has 1 N–H and O–H groups in total. The van der Waals surface area contributed by atoms with Gasteiger partial charge >= 0.3 is 0 Å². The van der Waals surface area contributed by atoms with E-state index in [0.717, 1.165) is 26.1 Å². The van der Waals surface area contributed by atoms with Crippen LogP contribution in [-0.4, -0.2) is 64.2 Å². The Morgan fingerprint density at radius 2 is 1.87 bits per heavy atom. The molecule has 0 atom stereocenters. The van der Waals surface area contributed by atoms with Crippen LogP contribution in [0.5, 0.6) is 11.5 Å². The summed E-state index contributed by atoms with van der Waals surface area (Å²) in [6, 6.07) is 6.75. The minimum Gasteiger partial charge on any atom is -0.495 e. The van der Waals surface area contributed by atoms with Gasteiger partial charge in [-0.2, -0.15) is 0 Å². The first kappa shape index (κ1) is 28.8. The van der Waals surface area contributed by atoms with Gasteiger partial charge in [0.25, 0.3) is 5.56 Å².